The van der Waals surface area contributed by atoms with Crippen LogP contribution < -0.4 is 19.3 Å². The van der Waals surface area contributed by atoms with Gasteiger partial charge in [0.05, 0.1) is 22.7 Å². The Morgan fingerprint density at radius 1 is 0.300 bits per heavy atom. The molecule has 0 aliphatic carbocycles. The molecular formula is C60H38N8O2. The van der Waals surface area contributed by atoms with E-state index in [9.17, 15) is 0 Å². The van der Waals surface area contributed by atoms with Crippen molar-refractivity contribution in [2.24, 2.45) is 0 Å². The molecule has 14 rings (SSSR count). The second-order valence-corrected chi connectivity index (χ2v) is 17.2. The molecule has 6 heterocycles. The predicted octanol–water partition coefficient (Wildman–Crippen LogP) is 15.3. The fraction of sp³-hybridized carbons (Fsp3) is 0. The first-order valence-electron chi connectivity index (χ1n) is 23.1. The van der Waals surface area contributed by atoms with E-state index in [1.807, 2.05) is 122 Å². The molecule has 0 radical (unpaired) electrons. The van der Waals surface area contributed by atoms with Crippen molar-refractivity contribution in [1.82, 2.24) is 29.1 Å². The number of rotatable bonds is 7. The Balaban J connectivity index is 1.08. The van der Waals surface area contributed by atoms with Crippen LogP contribution in [0.4, 0.5) is 34.1 Å². The molecule has 70 heavy (non-hydrogen) atoms. The lowest BCUT2D eigenvalue weighted by Gasteiger charge is -2.34. The van der Waals surface area contributed by atoms with Crippen molar-refractivity contribution >= 4 is 56.5 Å². The first-order valence-corrected chi connectivity index (χ1v) is 23.1. The Hall–Kier alpha value is -9.80. The quantitative estimate of drug-likeness (QED) is 0.156. The van der Waals surface area contributed by atoms with Crippen LogP contribution in [0.1, 0.15) is 0 Å². The van der Waals surface area contributed by atoms with Gasteiger partial charge in [0, 0.05) is 46.3 Å². The van der Waals surface area contributed by atoms with Crippen LogP contribution in [0, 0.1) is 0 Å². The minimum absolute atomic E-state index is 0.752. The first-order chi connectivity index (χ1) is 34.7. The SMILES string of the molecule is c1ccc(-n2c(-c3cc(-c4cc(-c5nc6cccnc6n5-c5ccccc5)cc(N5c6ccccc6Oc6ccccc65)c4)cc(N4c5ccccc5Oc5ccccc54)c3)nc3cccnc32)cc1. The lowest BCUT2D eigenvalue weighted by atomic mass is 9.96. The number of anilines is 6. The minimum atomic E-state index is 0.752. The molecular weight excluding hydrogens is 865 g/mol. The average Bonchev–Trinajstić information content (AvgIpc) is 4.02. The molecule has 0 saturated carbocycles. The molecule has 0 N–H and O–H groups in total. The Bertz CT molecular complexity index is 3650. The number of pyridine rings is 2. The Labute approximate surface area is 402 Å². The summed E-state index contributed by atoms with van der Waals surface area (Å²) >= 11 is 0. The first kappa shape index (κ1) is 39.4. The van der Waals surface area contributed by atoms with E-state index < -0.39 is 0 Å². The van der Waals surface area contributed by atoms with Gasteiger partial charge < -0.3 is 19.3 Å². The highest BCUT2D eigenvalue weighted by molar-refractivity contribution is 5.94. The van der Waals surface area contributed by atoms with Crippen molar-refractivity contribution in [1.29, 1.82) is 0 Å². The standard InChI is InChI=1S/C60H38N8O2/c1-3-17-43(18-4-1)67-57(63-47-21-15-31-61-59(47)67)41-33-39(35-45(37-41)65-49-23-7-11-27-53(49)69-54-28-12-8-24-50(54)65)40-34-42(58-64-48-22-16-32-62-60(48)68(58)44-19-5-2-6-20-44)38-46(36-40)66-51-25-9-13-29-55(51)70-56-30-14-10-26-52(56)66/h1-38H. The summed E-state index contributed by atoms with van der Waals surface area (Å²) in [7, 11) is 0. The third-order valence-corrected chi connectivity index (χ3v) is 12.9. The van der Waals surface area contributed by atoms with Crippen LogP contribution in [0.3, 0.4) is 0 Å². The van der Waals surface area contributed by atoms with Gasteiger partial charge in [0.1, 0.15) is 22.7 Å². The molecule has 0 saturated heterocycles. The second kappa shape index (κ2) is 15.9. The summed E-state index contributed by atoms with van der Waals surface area (Å²) in [4.78, 5) is 25.1. The van der Waals surface area contributed by atoms with Gasteiger partial charge in [0.15, 0.2) is 34.3 Å². The molecule has 10 heteroatoms. The zero-order valence-corrected chi connectivity index (χ0v) is 37.3. The van der Waals surface area contributed by atoms with Gasteiger partial charge in [0.25, 0.3) is 0 Å². The fourth-order valence-electron chi connectivity index (χ4n) is 9.89. The van der Waals surface area contributed by atoms with Crippen LogP contribution in [-0.2, 0) is 0 Å². The van der Waals surface area contributed by atoms with Crippen molar-refractivity contribution in [3.63, 3.8) is 0 Å². The Morgan fingerprint density at radius 2 is 0.643 bits per heavy atom. The summed E-state index contributed by atoms with van der Waals surface area (Å²) in [6, 6.07) is 74.8. The topological polar surface area (TPSA) is 86.4 Å². The molecule has 0 unspecified atom stereocenters. The number of aromatic nitrogens is 6. The number of ether oxygens (including phenoxy) is 2. The monoisotopic (exact) mass is 902 g/mol. The zero-order chi connectivity index (χ0) is 46.1. The highest BCUT2D eigenvalue weighted by Gasteiger charge is 2.30. The van der Waals surface area contributed by atoms with Crippen molar-refractivity contribution in [3.05, 3.63) is 231 Å². The highest BCUT2D eigenvalue weighted by atomic mass is 16.5. The predicted molar refractivity (Wildman–Crippen MR) is 277 cm³/mol. The Morgan fingerprint density at radius 3 is 1.03 bits per heavy atom. The molecule has 0 atom stereocenters. The second-order valence-electron chi connectivity index (χ2n) is 17.2. The number of nitrogens with zero attached hydrogens (tertiary/aromatic N) is 8. The summed E-state index contributed by atoms with van der Waals surface area (Å²) < 4.78 is 17.4. The maximum atomic E-state index is 6.56. The number of imidazole rings is 2. The maximum absolute atomic E-state index is 6.56. The van der Waals surface area contributed by atoms with Gasteiger partial charge in [-0.2, -0.15) is 0 Å². The van der Waals surface area contributed by atoms with Crippen LogP contribution in [0.5, 0.6) is 23.0 Å². The number of benzene rings is 8. The summed E-state index contributed by atoms with van der Waals surface area (Å²) in [5, 5.41) is 0. The van der Waals surface area contributed by atoms with E-state index in [0.717, 1.165) is 125 Å². The third-order valence-electron chi connectivity index (χ3n) is 12.9. The van der Waals surface area contributed by atoms with Gasteiger partial charge >= 0.3 is 0 Å². The average molecular weight is 903 g/mol. The molecule has 0 spiro atoms. The maximum Gasteiger partial charge on any atom is 0.164 e. The Kier molecular flexibility index (Phi) is 8.96. The molecule has 8 aromatic carbocycles. The number of hydrogen-bond donors (Lipinski definition) is 0. The van der Waals surface area contributed by atoms with Crippen LogP contribution >= 0.6 is 0 Å². The van der Waals surface area contributed by atoms with E-state index in [2.05, 4.69) is 128 Å². The molecule has 10 nitrogen and oxygen atoms in total. The summed E-state index contributed by atoms with van der Waals surface area (Å²) in [6.45, 7) is 0. The highest BCUT2D eigenvalue weighted by Crippen LogP contribution is 2.54. The van der Waals surface area contributed by atoms with E-state index in [1.54, 1.807) is 0 Å². The molecule has 2 aliphatic heterocycles. The lowest BCUT2D eigenvalue weighted by Crippen LogP contribution is -2.16. The smallest absolute Gasteiger partial charge is 0.164 e. The van der Waals surface area contributed by atoms with Crippen molar-refractivity contribution in [2.75, 3.05) is 9.80 Å². The van der Waals surface area contributed by atoms with Crippen LogP contribution in [0.25, 0.3) is 67.6 Å². The van der Waals surface area contributed by atoms with E-state index in [1.165, 1.54) is 0 Å². The molecule has 0 amide bonds. The van der Waals surface area contributed by atoms with Crippen molar-refractivity contribution < 1.29 is 9.47 Å². The third kappa shape index (κ3) is 6.42. The fourth-order valence-corrected chi connectivity index (χ4v) is 9.89. The van der Waals surface area contributed by atoms with E-state index in [0.29, 0.717) is 0 Å². The normalized spacial score (nSPS) is 12.5. The largest absolute Gasteiger partial charge is 0.453 e. The number of para-hydroxylation sites is 10. The number of fused-ring (bicyclic) bond motifs is 6. The van der Waals surface area contributed by atoms with E-state index >= 15 is 0 Å². The molecule has 330 valence electrons. The van der Waals surface area contributed by atoms with Gasteiger partial charge in [-0.1, -0.05) is 84.9 Å². The lowest BCUT2D eigenvalue weighted by molar-refractivity contribution is 0.476. The number of hydrogen-bond acceptors (Lipinski definition) is 8. The molecule has 4 aromatic heterocycles. The summed E-state index contributed by atoms with van der Waals surface area (Å²) in [5.41, 5.74) is 14.2. The summed E-state index contributed by atoms with van der Waals surface area (Å²) in [6.07, 6.45) is 3.65. The van der Waals surface area contributed by atoms with Crippen molar-refractivity contribution in [3.8, 4) is 68.3 Å². The zero-order valence-electron chi connectivity index (χ0n) is 37.3. The van der Waals surface area contributed by atoms with Gasteiger partial charge in [0.2, 0.25) is 0 Å². The van der Waals surface area contributed by atoms with E-state index in [4.69, 9.17) is 29.4 Å². The van der Waals surface area contributed by atoms with E-state index in [-0.39, 0.29) is 0 Å². The van der Waals surface area contributed by atoms with Crippen molar-refractivity contribution in [2.45, 2.75) is 0 Å². The van der Waals surface area contributed by atoms with Gasteiger partial charge in [-0.05, 0) is 145 Å². The summed E-state index contributed by atoms with van der Waals surface area (Å²) in [5.74, 6) is 4.55. The van der Waals surface area contributed by atoms with Crippen LogP contribution in [-0.4, -0.2) is 29.1 Å². The van der Waals surface area contributed by atoms with Crippen LogP contribution in [0.2, 0.25) is 0 Å². The minimum Gasteiger partial charge on any atom is -0.453 e. The van der Waals surface area contributed by atoms with Crippen LogP contribution in [0.15, 0.2) is 231 Å². The van der Waals surface area contributed by atoms with Gasteiger partial charge in [-0.3, -0.25) is 9.13 Å². The van der Waals surface area contributed by atoms with Gasteiger partial charge in [-0.15, -0.1) is 0 Å². The molecule has 0 fully saturated rings. The molecule has 0 bridgehead atoms. The van der Waals surface area contributed by atoms with Gasteiger partial charge in [-0.25, -0.2) is 19.9 Å². The molecule has 12 aromatic rings. The molecule has 2 aliphatic rings.